The van der Waals surface area contributed by atoms with Crippen molar-refractivity contribution in [1.29, 1.82) is 0 Å². The minimum atomic E-state index is -0.143. The first kappa shape index (κ1) is 22.4. The molecule has 2 heterocycles. The quantitative estimate of drug-likeness (QED) is 0.421. The molecule has 6 nitrogen and oxygen atoms in total. The Morgan fingerprint density at radius 3 is 2.50 bits per heavy atom. The SMILES string of the molecule is COc1ccc(C/N=C2\S/C(=C\c3ccc4c(c3)OCCO4)C(=O)N2c2ccc(Cl)cc2)cc1. The van der Waals surface area contributed by atoms with Crippen molar-refractivity contribution in [2.75, 3.05) is 25.2 Å². The van der Waals surface area contributed by atoms with Gasteiger partial charge in [-0.1, -0.05) is 29.8 Å². The molecule has 2 aliphatic rings. The number of halogens is 1. The maximum absolute atomic E-state index is 13.4. The molecule has 2 aliphatic heterocycles. The van der Waals surface area contributed by atoms with Crippen LogP contribution in [0.2, 0.25) is 5.02 Å². The molecule has 0 unspecified atom stereocenters. The molecule has 0 N–H and O–H groups in total. The van der Waals surface area contributed by atoms with Crippen LogP contribution < -0.4 is 19.1 Å². The normalized spacial score (nSPS) is 17.5. The van der Waals surface area contributed by atoms with E-state index in [-0.39, 0.29) is 5.91 Å². The number of carbonyl (C=O) groups excluding carboxylic acids is 1. The Bertz CT molecular complexity index is 1270. The molecule has 1 fully saturated rings. The molecule has 3 aromatic carbocycles. The Balaban J connectivity index is 1.46. The van der Waals surface area contributed by atoms with Gasteiger partial charge in [0.1, 0.15) is 19.0 Å². The van der Waals surface area contributed by atoms with Crippen LogP contribution in [0.5, 0.6) is 17.2 Å². The zero-order valence-corrected chi connectivity index (χ0v) is 19.9. The van der Waals surface area contributed by atoms with E-state index in [4.69, 9.17) is 30.8 Å². The zero-order chi connectivity index (χ0) is 23.5. The van der Waals surface area contributed by atoms with Crippen LogP contribution in [-0.4, -0.2) is 31.4 Å². The fourth-order valence-electron chi connectivity index (χ4n) is 3.59. The van der Waals surface area contributed by atoms with E-state index in [1.165, 1.54) is 11.8 Å². The number of rotatable bonds is 5. The Morgan fingerprint density at radius 1 is 1.03 bits per heavy atom. The Kier molecular flexibility index (Phi) is 6.47. The Labute approximate surface area is 206 Å². The van der Waals surface area contributed by atoms with Gasteiger partial charge in [0.2, 0.25) is 0 Å². The summed E-state index contributed by atoms with van der Waals surface area (Å²) in [5, 5.41) is 1.21. The standard InChI is InChI=1S/C26H21ClN2O4S/c1-31-21-9-2-17(3-10-21)16-28-26-29(20-7-5-19(27)6-8-20)25(30)24(34-26)15-18-4-11-22-23(14-18)33-13-12-32-22/h2-11,14-15H,12-13,16H2,1H3/b24-15-,28-26-. The number of nitrogens with zero attached hydrogens (tertiary/aromatic N) is 2. The summed E-state index contributed by atoms with van der Waals surface area (Å²) in [6.45, 7) is 1.47. The average molecular weight is 493 g/mol. The molecule has 0 radical (unpaired) electrons. The molecule has 0 aliphatic carbocycles. The van der Waals surface area contributed by atoms with Gasteiger partial charge < -0.3 is 14.2 Å². The first-order chi connectivity index (χ1) is 16.6. The van der Waals surface area contributed by atoms with Crippen molar-refractivity contribution >= 4 is 46.2 Å². The van der Waals surface area contributed by atoms with Gasteiger partial charge in [-0.2, -0.15) is 0 Å². The van der Waals surface area contributed by atoms with Gasteiger partial charge in [-0.25, -0.2) is 0 Å². The number of thioether (sulfide) groups is 1. The molecular formula is C26H21ClN2O4S. The highest BCUT2D eigenvalue weighted by atomic mass is 35.5. The van der Waals surface area contributed by atoms with E-state index in [0.29, 0.717) is 52.0 Å². The largest absolute Gasteiger partial charge is 0.497 e. The summed E-state index contributed by atoms with van der Waals surface area (Å²) in [7, 11) is 1.63. The van der Waals surface area contributed by atoms with Crippen molar-refractivity contribution in [2.24, 2.45) is 4.99 Å². The van der Waals surface area contributed by atoms with E-state index in [1.54, 1.807) is 24.1 Å². The Hall–Kier alpha value is -3.42. The van der Waals surface area contributed by atoms with Crippen molar-refractivity contribution in [3.8, 4) is 17.2 Å². The van der Waals surface area contributed by atoms with Crippen molar-refractivity contribution in [1.82, 2.24) is 0 Å². The lowest BCUT2D eigenvalue weighted by Gasteiger charge is -2.18. The van der Waals surface area contributed by atoms with Gasteiger partial charge in [-0.05, 0) is 77.5 Å². The van der Waals surface area contributed by atoms with Gasteiger partial charge in [-0.15, -0.1) is 0 Å². The molecular weight excluding hydrogens is 472 g/mol. The molecule has 0 spiro atoms. The second kappa shape index (κ2) is 9.83. The summed E-state index contributed by atoms with van der Waals surface area (Å²) in [6, 6.07) is 20.5. The second-order valence-electron chi connectivity index (χ2n) is 7.58. The fourth-order valence-corrected chi connectivity index (χ4v) is 4.69. The number of anilines is 1. The van der Waals surface area contributed by atoms with E-state index in [1.807, 2.05) is 60.7 Å². The number of carbonyl (C=O) groups is 1. The maximum Gasteiger partial charge on any atom is 0.271 e. The van der Waals surface area contributed by atoms with E-state index in [9.17, 15) is 4.79 Å². The van der Waals surface area contributed by atoms with Crippen LogP contribution in [0.1, 0.15) is 11.1 Å². The molecule has 3 aromatic rings. The summed E-state index contributed by atoms with van der Waals surface area (Å²) in [6.07, 6.45) is 1.85. The fraction of sp³-hybridized carbons (Fsp3) is 0.154. The lowest BCUT2D eigenvalue weighted by molar-refractivity contribution is -0.113. The predicted molar refractivity (Wildman–Crippen MR) is 136 cm³/mol. The number of fused-ring (bicyclic) bond motifs is 1. The van der Waals surface area contributed by atoms with Crippen LogP contribution in [0, 0.1) is 0 Å². The molecule has 5 rings (SSSR count). The third-order valence-corrected chi connectivity index (χ3v) is 6.57. The number of hydrogen-bond donors (Lipinski definition) is 0. The highest BCUT2D eigenvalue weighted by molar-refractivity contribution is 8.19. The van der Waals surface area contributed by atoms with Crippen LogP contribution in [-0.2, 0) is 11.3 Å². The molecule has 0 atom stereocenters. The second-order valence-corrected chi connectivity index (χ2v) is 9.02. The highest BCUT2D eigenvalue weighted by Crippen LogP contribution is 2.38. The number of methoxy groups -OCH3 is 1. The molecule has 1 amide bonds. The molecule has 8 heteroatoms. The van der Waals surface area contributed by atoms with Crippen molar-refractivity contribution in [3.05, 3.63) is 87.8 Å². The molecule has 34 heavy (non-hydrogen) atoms. The van der Waals surface area contributed by atoms with Gasteiger partial charge in [0.25, 0.3) is 5.91 Å². The average Bonchev–Trinajstić information content (AvgIpc) is 3.18. The topological polar surface area (TPSA) is 60.4 Å². The molecule has 0 saturated carbocycles. The summed E-state index contributed by atoms with van der Waals surface area (Å²) >= 11 is 7.41. The van der Waals surface area contributed by atoms with E-state index in [2.05, 4.69) is 0 Å². The van der Waals surface area contributed by atoms with Crippen LogP contribution >= 0.6 is 23.4 Å². The third kappa shape index (κ3) is 4.76. The number of hydrogen-bond acceptors (Lipinski definition) is 6. The van der Waals surface area contributed by atoms with Gasteiger partial charge in [0, 0.05) is 5.02 Å². The molecule has 0 bridgehead atoms. The maximum atomic E-state index is 13.4. The van der Waals surface area contributed by atoms with Gasteiger partial charge >= 0.3 is 0 Å². The minimum absolute atomic E-state index is 0.143. The van der Waals surface area contributed by atoms with Crippen LogP contribution in [0.4, 0.5) is 5.69 Å². The number of ether oxygens (including phenoxy) is 3. The van der Waals surface area contributed by atoms with Crippen LogP contribution in [0.3, 0.4) is 0 Å². The lowest BCUT2D eigenvalue weighted by Crippen LogP contribution is -2.28. The monoisotopic (exact) mass is 492 g/mol. The third-order valence-electron chi connectivity index (χ3n) is 5.31. The molecule has 1 saturated heterocycles. The summed E-state index contributed by atoms with van der Waals surface area (Å²) in [5.74, 6) is 2.03. The zero-order valence-electron chi connectivity index (χ0n) is 18.4. The first-order valence-electron chi connectivity index (χ1n) is 10.7. The summed E-state index contributed by atoms with van der Waals surface area (Å²) < 4.78 is 16.5. The first-order valence-corrected chi connectivity index (χ1v) is 11.9. The molecule has 172 valence electrons. The van der Waals surface area contributed by atoms with E-state index < -0.39 is 0 Å². The molecule has 0 aromatic heterocycles. The number of amides is 1. The van der Waals surface area contributed by atoms with Crippen molar-refractivity contribution in [3.63, 3.8) is 0 Å². The minimum Gasteiger partial charge on any atom is -0.497 e. The van der Waals surface area contributed by atoms with E-state index in [0.717, 1.165) is 16.9 Å². The van der Waals surface area contributed by atoms with E-state index >= 15 is 0 Å². The van der Waals surface area contributed by atoms with Crippen LogP contribution in [0.15, 0.2) is 76.6 Å². The van der Waals surface area contributed by atoms with Gasteiger partial charge in [-0.3, -0.25) is 14.7 Å². The van der Waals surface area contributed by atoms with Gasteiger partial charge in [0.05, 0.1) is 24.2 Å². The summed E-state index contributed by atoms with van der Waals surface area (Å²) in [5.41, 5.74) is 2.58. The lowest BCUT2D eigenvalue weighted by atomic mass is 10.1. The summed E-state index contributed by atoms with van der Waals surface area (Å²) in [4.78, 5) is 20.4. The number of amidine groups is 1. The number of aliphatic imine (C=N–C) groups is 1. The highest BCUT2D eigenvalue weighted by Gasteiger charge is 2.34. The smallest absolute Gasteiger partial charge is 0.271 e. The van der Waals surface area contributed by atoms with Crippen LogP contribution in [0.25, 0.3) is 6.08 Å². The van der Waals surface area contributed by atoms with Crippen molar-refractivity contribution < 1.29 is 19.0 Å². The number of benzene rings is 3. The van der Waals surface area contributed by atoms with Crippen molar-refractivity contribution in [2.45, 2.75) is 6.54 Å². The predicted octanol–water partition coefficient (Wildman–Crippen LogP) is 5.80. The Morgan fingerprint density at radius 2 is 1.76 bits per heavy atom. The van der Waals surface area contributed by atoms with Gasteiger partial charge in [0.15, 0.2) is 16.7 Å².